The average molecular weight is 329 g/mol. The third-order valence-corrected chi connectivity index (χ3v) is 4.53. The first-order chi connectivity index (χ1) is 11.1. The van der Waals surface area contributed by atoms with Crippen LogP contribution in [0.1, 0.15) is 35.2 Å². The first-order valence-electron chi connectivity index (χ1n) is 8.06. The Bertz CT molecular complexity index is 708. The molecule has 3 nitrogen and oxygen atoms in total. The minimum Gasteiger partial charge on any atom is -0.370 e. The summed E-state index contributed by atoms with van der Waals surface area (Å²) in [7, 11) is 0. The van der Waals surface area contributed by atoms with Crippen LogP contribution in [0.4, 0.5) is 11.4 Å². The number of piperidine rings is 1. The number of benzene rings is 2. The van der Waals surface area contributed by atoms with Gasteiger partial charge in [-0.2, -0.15) is 0 Å². The molecular weight excluding hydrogens is 308 g/mol. The molecule has 1 heterocycles. The van der Waals surface area contributed by atoms with Gasteiger partial charge in [-0.15, -0.1) is 0 Å². The van der Waals surface area contributed by atoms with E-state index in [1.54, 1.807) is 6.07 Å². The number of nitrogens with one attached hydrogen (secondary N) is 1. The largest absolute Gasteiger partial charge is 0.370 e. The monoisotopic (exact) mass is 328 g/mol. The number of halogens is 1. The van der Waals surface area contributed by atoms with Crippen molar-refractivity contribution >= 4 is 28.9 Å². The highest BCUT2D eigenvalue weighted by Crippen LogP contribution is 2.29. The van der Waals surface area contributed by atoms with Crippen LogP contribution < -0.4 is 10.2 Å². The minimum absolute atomic E-state index is 0.167. The molecule has 0 radical (unpaired) electrons. The van der Waals surface area contributed by atoms with Crippen molar-refractivity contribution in [2.45, 2.75) is 26.2 Å². The average Bonchev–Trinajstić information content (AvgIpc) is 2.56. The van der Waals surface area contributed by atoms with E-state index in [9.17, 15) is 4.79 Å². The topological polar surface area (TPSA) is 32.3 Å². The van der Waals surface area contributed by atoms with Gasteiger partial charge in [0.25, 0.3) is 5.91 Å². The fraction of sp³-hybridized carbons (Fsp3) is 0.316. The van der Waals surface area contributed by atoms with E-state index in [1.807, 2.05) is 37.3 Å². The van der Waals surface area contributed by atoms with Gasteiger partial charge < -0.3 is 10.2 Å². The molecule has 0 unspecified atom stereocenters. The lowest BCUT2D eigenvalue weighted by atomic mass is 10.1. The second-order valence-corrected chi connectivity index (χ2v) is 6.41. The lowest BCUT2D eigenvalue weighted by Gasteiger charge is -2.30. The van der Waals surface area contributed by atoms with Crippen molar-refractivity contribution in [1.29, 1.82) is 0 Å². The summed E-state index contributed by atoms with van der Waals surface area (Å²) in [6.45, 7) is 4.04. The molecule has 0 bridgehead atoms. The Hall–Kier alpha value is -2.00. The summed E-state index contributed by atoms with van der Waals surface area (Å²) < 4.78 is 0. The fourth-order valence-electron chi connectivity index (χ4n) is 2.98. The summed E-state index contributed by atoms with van der Waals surface area (Å²) in [4.78, 5) is 14.9. The number of carbonyl (C=O) groups is 1. The van der Waals surface area contributed by atoms with Gasteiger partial charge in [-0.3, -0.25) is 4.79 Å². The van der Waals surface area contributed by atoms with Gasteiger partial charge in [0.2, 0.25) is 0 Å². The Kier molecular flexibility index (Phi) is 4.87. The fourth-order valence-corrected chi connectivity index (χ4v) is 3.30. The molecule has 23 heavy (non-hydrogen) atoms. The highest BCUT2D eigenvalue weighted by molar-refractivity contribution is 6.34. The van der Waals surface area contributed by atoms with Crippen LogP contribution in [-0.4, -0.2) is 19.0 Å². The smallest absolute Gasteiger partial charge is 0.257 e. The molecule has 3 rings (SSSR count). The maximum Gasteiger partial charge on any atom is 0.257 e. The summed E-state index contributed by atoms with van der Waals surface area (Å²) in [5.74, 6) is -0.167. The van der Waals surface area contributed by atoms with Crippen LogP contribution >= 0.6 is 11.6 Å². The molecular formula is C19H21ClN2O. The van der Waals surface area contributed by atoms with Crippen molar-refractivity contribution in [3.63, 3.8) is 0 Å². The number of amides is 1. The Morgan fingerprint density at radius 1 is 1.09 bits per heavy atom. The maximum atomic E-state index is 12.6. The Morgan fingerprint density at radius 3 is 2.57 bits per heavy atom. The highest BCUT2D eigenvalue weighted by atomic mass is 35.5. The van der Waals surface area contributed by atoms with Crippen LogP contribution in [0.25, 0.3) is 0 Å². The van der Waals surface area contributed by atoms with Crippen molar-refractivity contribution in [2.75, 3.05) is 23.3 Å². The molecule has 0 spiro atoms. The summed E-state index contributed by atoms with van der Waals surface area (Å²) in [5, 5.41) is 3.50. The Morgan fingerprint density at radius 2 is 1.83 bits per heavy atom. The molecule has 1 aliphatic heterocycles. The zero-order valence-electron chi connectivity index (χ0n) is 13.3. The van der Waals surface area contributed by atoms with Crippen LogP contribution in [0.5, 0.6) is 0 Å². The van der Waals surface area contributed by atoms with Crippen LogP contribution in [0.3, 0.4) is 0 Å². The van der Waals surface area contributed by atoms with E-state index < -0.39 is 0 Å². The molecule has 0 aromatic heterocycles. The molecule has 1 amide bonds. The van der Waals surface area contributed by atoms with E-state index in [4.69, 9.17) is 11.6 Å². The number of rotatable bonds is 3. The van der Waals surface area contributed by atoms with Crippen molar-refractivity contribution < 1.29 is 4.79 Å². The van der Waals surface area contributed by atoms with Crippen LogP contribution in [0.2, 0.25) is 5.02 Å². The predicted molar refractivity (Wildman–Crippen MR) is 96.6 cm³/mol. The van der Waals surface area contributed by atoms with E-state index in [1.165, 1.54) is 19.3 Å². The van der Waals surface area contributed by atoms with Gasteiger partial charge in [0, 0.05) is 13.1 Å². The lowest BCUT2D eigenvalue weighted by Crippen LogP contribution is -2.30. The molecule has 1 N–H and O–H groups in total. The van der Waals surface area contributed by atoms with Gasteiger partial charge in [-0.05, 0) is 56.0 Å². The molecule has 0 aliphatic carbocycles. The summed E-state index contributed by atoms with van der Waals surface area (Å²) >= 11 is 6.21. The Balaban J connectivity index is 1.83. The first kappa shape index (κ1) is 15.9. The normalized spacial score (nSPS) is 14.6. The van der Waals surface area contributed by atoms with Crippen molar-refractivity contribution in [3.05, 3.63) is 58.6 Å². The van der Waals surface area contributed by atoms with E-state index in [-0.39, 0.29) is 5.91 Å². The van der Waals surface area contributed by atoms with Crippen LogP contribution in [0.15, 0.2) is 42.5 Å². The molecule has 1 fully saturated rings. The van der Waals surface area contributed by atoms with Gasteiger partial charge in [0.1, 0.15) is 0 Å². The van der Waals surface area contributed by atoms with Crippen LogP contribution in [-0.2, 0) is 0 Å². The molecule has 4 heteroatoms. The van der Waals surface area contributed by atoms with Crippen LogP contribution in [0, 0.1) is 6.92 Å². The molecule has 1 aliphatic rings. The second kappa shape index (κ2) is 7.05. The zero-order valence-corrected chi connectivity index (χ0v) is 14.1. The molecule has 0 saturated carbocycles. The number of aryl methyl sites for hydroxylation is 1. The lowest BCUT2D eigenvalue weighted by molar-refractivity contribution is 0.102. The number of anilines is 2. The SMILES string of the molecule is Cc1ccc(C(=O)Nc2ccccc2N2CCCCC2)c(Cl)c1. The van der Waals surface area contributed by atoms with Crippen molar-refractivity contribution in [3.8, 4) is 0 Å². The van der Waals surface area contributed by atoms with Gasteiger partial charge in [-0.1, -0.05) is 29.8 Å². The molecule has 2 aromatic rings. The van der Waals surface area contributed by atoms with Gasteiger partial charge in [-0.25, -0.2) is 0 Å². The third kappa shape index (κ3) is 3.67. The van der Waals surface area contributed by atoms with E-state index in [2.05, 4.69) is 16.3 Å². The molecule has 0 atom stereocenters. The van der Waals surface area contributed by atoms with Gasteiger partial charge >= 0.3 is 0 Å². The molecule has 1 saturated heterocycles. The summed E-state index contributed by atoms with van der Waals surface area (Å²) in [6, 6.07) is 13.5. The standard InChI is InChI=1S/C19H21ClN2O/c1-14-9-10-15(16(20)13-14)19(23)21-17-7-3-4-8-18(17)22-11-5-2-6-12-22/h3-4,7-10,13H,2,5-6,11-12H2,1H3,(H,21,23). The molecule has 2 aromatic carbocycles. The van der Waals surface area contributed by atoms with E-state index in [0.717, 1.165) is 30.0 Å². The highest BCUT2D eigenvalue weighted by Gasteiger charge is 2.17. The van der Waals surface area contributed by atoms with E-state index in [0.29, 0.717) is 10.6 Å². The predicted octanol–water partition coefficient (Wildman–Crippen LogP) is 4.89. The first-order valence-corrected chi connectivity index (χ1v) is 8.44. The van der Waals surface area contributed by atoms with Gasteiger partial charge in [0.15, 0.2) is 0 Å². The Labute approximate surface area is 142 Å². The number of para-hydroxylation sites is 2. The third-order valence-electron chi connectivity index (χ3n) is 4.22. The minimum atomic E-state index is -0.167. The number of nitrogens with zero attached hydrogens (tertiary/aromatic N) is 1. The quantitative estimate of drug-likeness (QED) is 0.870. The second-order valence-electron chi connectivity index (χ2n) is 6.00. The summed E-state index contributed by atoms with van der Waals surface area (Å²) in [5.41, 5.74) is 3.48. The maximum absolute atomic E-state index is 12.6. The van der Waals surface area contributed by atoms with Crippen molar-refractivity contribution in [2.24, 2.45) is 0 Å². The van der Waals surface area contributed by atoms with Crippen molar-refractivity contribution in [1.82, 2.24) is 0 Å². The summed E-state index contributed by atoms with van der Waals surface area (Å²) in [6.07, 6.45) is 3.68. The number of hydrogen-bond donors (Lipinski definition) is 1. The van der Waals surface area contributed by atoms with Gasteiger partial charge in [0.05, 0.1) is 22.0 Å². The molecule has 120 valence electrons. The zero-order chi connectivity index (χ0) is 16.2. The number of hydrogen-bond acceptors (Lipinski definition) is 2. The number of carbonyl (C=O) groups excluding carboxylic acids is 1. The van der Waals surface area contributed by atoms with E-state index >= 15 is 0 Å².